The maximum Gasteiger partial charge on any atom is 0.325 e. The lowest BCUT2D eigenvalue weighted by Gasteiger charge is -2.17. The van der Waals surface area contributed by atoms with Crippen LogP contribution in [0, 0.1) is 5.92 Å². The highest BCUT2D eigenvalue weighted by Gasteiger charge is 2.15. The van der Waals surface area contributed by atoms with Crippen LogP contribution in [0.5, 0.6) is 0 Å². The predicted octanol–water partition coefficient (Wildman–Crippen LogP) is 2.11. The molecule has 1 N–H and O–H groups in total. The van der Waals surface area contributed by atoms with Crippen LogP contribution in [0.3, 0.4) is 0 Å². The molecule has 0 bridgehead atoms. The van der Waals surface area contributed by atoms with Crippen LogP contribution in [0.2, 0.25) is 0 Å². The van der Waals surface area contributed by atoms with E-state index in [9.17, 15) is 4.79 Å². The van der Waals surface area contributed by atoms with E-state index in [0.717, 1.165) is 25.0 Å². The van der Waals surface area contributed by atoms with Gasteiger partial charge in [0.2, 0.25) is 0 Å². The van der Waals surface area contributed by atoms with Crippen molar-refractivity contribution in [2.75, 3.05) is 0 Å². The van der Waals surface area contributed by atoms with Crippen molar-refractivity contribution in [1.29, 1.82) is 0 Å². The summed E-state index contributed by atoms with van der Waals surface area (Å²) in [5.41, 5.74) is 3.18. The molecule has 2 aromatic heterocycles. The Morgan fingerprint density at radius 2 is 2.35 bits per heavy atom. The van der Waals surface area contributed by atoms with E-state index in [0.29, 0.717) is 17.1 Å². The molecule has 1 atom stereocenters. The summed E-state index contributed by atoms with van der Waals surface area (Å²) >= 11 is 0. The summed E-state index contributed by atoms with van der Waals surface area (Å²) in [6.45, 7) is 2.04. The Hall–Kier alpha value is -2.24. The van der Waals surface area contributed by atoms with Crippen molar-refractivity contribution in [2.24, 2.45) is 5.92 Å². The number of carboxylic acid groups (broad SMARTS) is 1. The lowest BCUT2D eigenvalue weighted by molar-refractivity contribution is -0.137. The standard InChI is InChI=1S/C14H16N4O2/c1-9-2-4-10(5-3-9)11-6-15-12-7-16-18(8-13(19)20)14(12)17-11/h4,6-7,9H,2-3,5,8H2,1H3,(H,19,20). The van der Waals surface area contributed by atoms with Gasteiger partial charge in [0, 0.05) is 0 Å². The molecule has 0 fully saturated rings. The highest BCUT2D eigenvalue weighted by molar-refractivity contribution is 5.75. The second-order valence-electron chi connectivity index (χ2n) is 5.27. The number of hydrogen-bond donors (Lipinski definition) is 1. The van der Waals surface area contributed by atoms with Gasteiger partial charge in [0.25, 0.3) is 0 Å². The van der Waals surface area contributed by atoms with Crippen LogP contribution >= 0.6 is 0 Å². The van der Waals surface area contributed by atoms with E-state index < -0.39 is 5.97 Å². The quantitative estimate of drug-likeness (QED) is 0.925. The van der Waals surface area contributed by atoms with Crippen molar-refractivity contribution in [1.82, 2.24) is 19.7 Å². The van der Waals surface area contributed by atoms with E-state index in [4.69, 9.17) is 5.11 Å². The minimum atomic E-state index is -0.937. The summed E-state index contributed by atoms with van der Waals surface area (Å²) in [6.07, 6.45) is 8.71. The first-order chi connectivity index (χ1) is 9.63. The van der Waals surface area contributed by atoms with Gasteiger partial charge in [-0.1, -0.05) is 13.0 Å². The van der Waals surface area contributed by atoms with Gasteiger partial charge in [0.1, 0.15) is 12.1 Å². The van der Waals surface area contributed by atoms with E-state index in [1.54, 1.807) is 12.4 Å². The van der Waals surface area contributed by atoms with Crippen molar-refractivity contribution in [3.8, 4) is 0 Å². The van der Waals surface area contributed by atoms with Gasteiger partial charge in [-0.15, -0.1) is 0 Å². The van der Waals surface area contributed by atoms with E-state index in [2.05, 4.69) is 28.1 Å². The number of carbonyl (C=O) groups is 1. The number of allylic oxidation sites excluding steroid dienone is 2. The molecule has 1 unspecified atom stereocenters. The monoisotopic (exact) mass is 272 g/mol. The van der Waals surface area contributed by atoms with Crippen molar-refractivity contribution in [2.45, 2.75) is 32.7 Å². The molecule has 2 aromatic rings. The van der Waals surface area contributed by atoms with Gasteiger partial charge in [-0.25, -0.2) is 14.6 Å². The van der Waals surface area contributed by atoms with Crippen molar-refractivity contribution in [3.05, 3.63) is 24.2 Å². The fraction of sp³-hybridized carbons (Fsp3) is 0.429. The Kier molecular flexibility index (Phi) is 3.22. The van der Waals surface area contributed by atoms with Crippen LogP contribution in [-0.4, -0.2) is 30.8 Å². The lowest BCUT2D eigenvalue weighted by Crippen LogP contribution is -2.11. The number of aromatic nitrogens is 4. The van der Waals surface area contributed by atoms with Crippen LogP contribution in [0.1, 0.15) is 31.9 Å². The predicted molar refractivity (Wildman–Crippen MR) is 74.0 cm³/mol. The van der Waals surface area contributed by atoms with Crippen LogP contribution < -0.4 is 0 Å². The highest BCUT2D eigenvalue weighted by Crippen LogP contribution is 2.29. The highest BCUT2D eigenvalue weighted by atomic mass is 16.4. The van der Waals surface area contributed by atoms with Crippen LogP contribution in [-0.2, 0) is 11.3 Å². The second-order valence-corrected chi connectivity index (χ2v) is 5.27. The summed E-state index contributed by atoms with van der Waals surface area (Å²) in [5.74, 6) is -0.221. The maximum absolute atomic E-state index is 10.8. The summed E-state index contributed by atoms with van der Waals surface area (Å²) in [6, 6.07) is 0. The fourth-order valence-electron chi connectivity index (χ4n) is 2.45. The SMILES string of the molecule is CC1CC=C(c2cnc3cnn(CC(=O)O)c3n2)CC1. The van der Waals surface area contributed by atoms with Crippen LogP contribution in [0.25, 0.3) is 16.7 Å². The lowest BCUT2D eigenvalue weighted by atomic mass is 9.90. The maximum atomic E-state index is 10.8. The van der Waals surface area contributed by atoms with Gasteiger partial charge in [-0.05, 0) is 30.8 Å². The summed E-state index contributed by atoms with van der Waals surface area (Å²) in [5, 5.41) is 12.9. The third-order valence-corrected chi connectivity index (χ3v) is 3.63. The summed E-state index contributed by atoms with van der Waals surface area (Å²) in [4.78, 5) is 19.7. The van der Waals surface area contributed by atoms with E-state index in [-0.39, 0.29) is 6.54 Å². The van der Waals surface area contributed by atoms with Crippen LogP contribution in [0.4, 0.5) is 0 Å². The molecule has 0 aliphatic heterocycles. The molecule has 6 heteroatoms. The molecule has 1 aliphatic carbocycles. The zero-order valence-electron chi connectivity index (χ0n) is 11.3. The van der Waals surface area contributed by atoms with E-state index in [1.807, 2.05) is 0 Å². The smallest absolute Gasteiger partial charge is 0.325 e. The Labute approximate surface area is 116 Å². The molecule has 0 saturated carbocycles. The van der Waals surface area contributed by atoms with Gasteiger partial charge >= 0.3 is 5.97 Å². The molecule has 2 heterocycles. The molecule has 0 spiro atoms. The van der Waals surface area contributed by atoms with E-state index >= 15 is 0 Å². The number of hydrogen-bond acceptors (Lipinski definition) is 4. The van der Waals surface area contributed by atoms with Gasteiger partial charge in [0.15, 0.2) is 5.65 Å². The molecule has 0 amide bonds. The normalized spacial score (nSPS) is 19.1. The summed E-state index contributed by atoms with van der Waals surface area (Å²) < 4.78 is 1.38. The first-order valence-electron chi connectivity index (χ1n) is 6.73. The zero-order chi connectivity index (χ0) is 14.1. The van der Waals surface area contributed by atoms with E-state index in [1.165, 1.54) is 10.3 Å². The first-order valence-corrected chi connectivity index (χ1v) is 6.73. The average molecular weight is 272 g/mol. The molecular weight excluding hydrogens is 256 g/mol. The van der Waals surface area contributed by atoms with Crippen molar-refractivity contribution < 1.29 is 9.90 Å². The molecule has 20 heavy (non-hydrogen) atoms. The Morgan fingerprint density at radius 1 is 1.50 bits per heavy atom. The van der Waals surface area contributed by atoms with Gasteiger partial charge < -0.3 is 5.11 Å². The first kappa shape index (κ1) is 12.8. The molecular formula is C14H16N4O2. The minimum Gasteiger partial charge on any atom is -0.480 e. The van der Waals surface area contributed by atoms with Crippen molar-refractivity contribution >= 4 is 22.7 Å². The molecule has 3 rings (SSSR count). The largest absolute Gasteiger partial charge is 0.480 e. The minimum absolute atomic E-state index is 0.197. The number of fused-ring (bicyclic) bond motifs is 1. The number of carboxylic acids is 1. The molecule has 104 valence electrons. The molecule has 1 aliphatic rings. The Bertz CT molecular complexity index is 690. The van der Waals surface area contributed by atoms with Gasteiger partial charge in [0.05, 0.1) is 18.1 Å². The van der Waals surface area contributed by atoms with Gasteiger partial charge in [-0.2, -0.15) is 5.10 Å². The van der Waals surface area contributed by atoms with Crippen LogP contribution in [0.15, 0.2) is 18.5 Å². The third kappa shape index (κ3) is 2.41. The zero-order valence-corrected chi connectivity index (χ0v) is 11.3. The fourth-order valence-corrected chi connectivity index (χ4v) is 2.45. The average Bonchev–Trinajstić information content (AvgIpc) is 2.81. The second kappa shape index (κ2) is 5.03. The summed E-state index contributed by atoms with van der Waals surface area (Å²) in [7, 11) is 0. The van der Waals surface area contributed by atoms with Crippen molar-refractivity contribution in [3.63, 3.8) is 0 Å². The number of aliphatic carboxylic acids is 1. The Balaban J connectivity index is 1.99. The third-order valence-electron chi connectivity index (χ3n) is 3.63. The molecule has 6 nitrogen and oxygen atoms in total. The molecule has 0 aromatic carbocycles. The Morgan fingerprint density at radius 3 is 3.05 bits per heavy atom. The topological polar surface area (TPSA) is 80.9 Å². The van der Waals surface area contributed by atoms with Gasteiger partial charge in [-0.3, -0.25) is 4.79 Å². The number of nitrogens with zero attached hydrogens (tertiary/aromatic N) is 4. The molecule has 0 saturated heterocycles. The molecule has 0 radical (unpaired) electrons. The number of rotatable bonds is 3.